The molecular formula is C15H22N6O2. The minimum absolute atomic E-state index is 0.0740. The van der Waals surface area contributed by atoms with Crippen molar-refractivity contribution in [2.45, 2.75) is 25.8 Å². The summed E-state index contributed by atoms with van der Waals surface area (Å²) in [6.45, 7) is 2.91. The van der Waals surface area contributed by atoms with Crippen LogP contribution in [0.25, 0.3) is 0 Å². The zero-order valence-corrected chi connectivity index (χ0v) is 13.1. The lowest BCUT2D eigenvalue weighted by atomic mass is 10.1. The van der Waals surface area contributed by atoms with Gasteiger partial charge in [0.05, 0.1) is 0 Å². The van der Waals surface area contributed by atoms with E-state index in [4.69, 9.17) is 11.6 Å². The fraction of sp³-hybridized carbons (Fsp3) is 0.400. The van der Waals surface area contributed by atoms with Crippen molar-refractivity contribution in [3.8, 4) is 0 Å². The average molecular weight is 318 g/mol. The van der Waals surface area contributed by atoms with Crippen LogP contribution in [0.4, 0.5) is 10.5 Å². The molecule has 1 aliphatic rings. The summed E-state index contributed by atoms with van der Waals surface area (Å²) in [6.07, 6.45) is 1.52. The third-order valence-corrected chi connectivity index (χ3v) is 3.85. The van der Waals surface area contributed by atoms with Crippen LogP contribution in [0.5, 0.6) is 0 Å². The molecule has 6 N–H and O–H groups in total. The van der Waals surface area contributed by atoms with Crippen molar-refractivity contribution in [1.82, 2.24) is 10.2 Å². The van der Waals surface area contributed by atoms with E-state index in [9.17, 15) is 9.59 Å². The number of amides is 3. The van der Waals surface area contributed by atoms with Crippen molar-refractivity contribution in [1.29, 1.82) is 0 Å². The second kappa shape index (κ2) is 7.48. The van der Waals surface area contributed by atoms with Crippen molar-refractivity contribution in [3.05, 3.63) is 29.8 Å². The maximum absolute atomic E-state index is 12.0. The van der Waals surface area contributed by atoms with Crippen LogP contribution in [0.1, 0.15) is 25.3 Å². The van der Waals surface area contributed by atoms with Crippen LogP contribution < -0.4 is 22.2 Å². The lowest BCUT2D eigenvalue weighted by Crippen LogP contribution is -2.47. The minimum Gasteiger partial charge on any atom is -0.382 e. The van der Waals surface area contributed by atoms with Crippen LogP contribution in [0.3, 0.4) is 0 Å². The third kappa shape index (κ3) is 4.60. The number of carbonyl (C=O) groups excluding carboxylic acids is 2. The minimum atomic E-state index is -0.264. The first-order valence-corrected chi connectivity index (χ1v) is 7.46. The molecule has 1 aromatic rings. The van der Waals surface area contributed by atoms with Gasteiger partial charge in [-0.1, -0.05) is 0 Å². The van der Waals surface area contributed by atoms with Crippen molar-refractivity contribution < 1.29 is 9.59 Å². The summed E-state index contributed by atoms with van der Waals surface area (Å²) >= 11 is 0. The zero-order valence-electron chi connectivity index (χ0n) is 13.1. The van der Waals surface area contributed by atoms with Gasteiger partial charge >= 0.3 is 6.03 Å². The Morgan fingerprint density at radius 3 is 2.35 bits per heavy atom. The standard InChI is InChI=1S/C15H22N6O2/c1-10(22)21-8-6-13(7-9-21)19-15(23)18-12-4-2-11(3-5-12)14(16)20-17/h2-5,13H,6-9,17H2,1H3,(H2,16,20)(H2,18,19,23). The van der Waals surface area contributed by atoms with Gasteiger partial charge in [0.15, 0.2) is 0 Å². The predicted octanol–water partition coefficient (Wildman–Crippen LogP) is 0.398. The monoisotopic (exact) mass is 318 g/mol. The maximum atomic E-state index is 12.0. The highest BCUT2D eigenvalue weighted by molar-refractivity contribution is 5.98. The van der Waals surface area contributed by atoms with Gasteiger partial charge in [-0.25, -0.2) is 4.79 Å². The number of nitrogens with zero attached hydrogens (tertiary/aromatic N) is 2. The predicted molar refractivity (Wildman–Crippen MR) is 88.8 cm³/mol. The number of benzene rings is 1. The zero-order chi connectivity index (χ0) is 16.8. The molecule has 0 bridgehead atoms. The van der Waals surface area contributed by atoms with Gasteiger partial charge in [-0.3, -0.25) is 4.79 Å². The summed E-state index contributed by atoms with van der Waals surface area (Å²) in [7, 11) is 0. The van der Waals surface area contributed by atoms with E-state index in [-0.39, 0.29) is 23.8 Å². The summed E-state index contributed by atoms with van der Waals surface area (Å²) in [6, 6.07) is 6.72. The molecule has 8 nitrogen and oxygen atoms in total. The SMILES string of the molecule is CC(=O)N1CCC(NC(=O)Nc2ccc(/C(N)=N/N)cc2)CC1. The molecule has 1 fully saturated rings. The molecule has 124 valence electrons. The van der Waals surface area contributed by atoms with Gasteiger partial charge in [-0.15, -0.1) is 0 Å². The molecule has 0 aliphatic carbocycles. The number of urea groups is 1. The highest BCUT2D eigenvalue weighted by Gasteiger charge is 2.21. The first kappa shape index (κ1) is 16.6. The van der Waals surface area contributed by atoms with Crippen LogP contribution in [-0.2, 0) is 4.79 Å². The number of carbonyl (C=O) groups is 2. The fourth-order valence-corrected chi connectivity index (χ4v) is 2.49. The molecule has 1 aromatic carbocycles. The second-order valence-electron chi connectivity index (χ2n) is 5.47. The van der Waals surface area contributed by atoms with Gasteiger partial charge in [0.1, 0.15) is 5.84 Å². The quantitative estimate of drug-likeness (QED) is 0.278. The Balaban J connectivity index is 1.82. The molecule has 23 heavy (non-hydrogen) atoms. The number of likely N-dealkylation sites (tertiary alicyclic amines) is 1. The summed E-state index contributed by atoms with van der Waals surface area (Å²) in [5.41, 5.74) is 6.94. The number of hydrogen-bond acceptors (Lipinski definition) is 4. The first-order valence-electron chi connectivity index (χ1n) is 7.46. The van der Waals surface area contributed by atoms with Crippen molar-refractivity contribution in [2.24, 2.45) is 16.7 Å². The number of piperidine rings is 1. The summed E-state index contributed by atoms with van der Waals surface area (Å²) in [4.78, 5) is 25.1. The molecule has 1 saturated heterocycles. The van der Waals surface area contributed by atoms with Crippen LogP contribution in [0, 0.1) is 0 Å². The lowest BCUT2D eigenvalue weighted by Gasteiger charge is -2.31. The molecule has 3 amide bonds. The third-order valence-electron chi connectivity index (χ3n) is 3.85. The van der Waals surface area contributed by atoms with Gasteiger partial charge in [0.25, 0.3) is 0 Å². The number of nitrogens with two attached hydrogens (primary N) is 2. The molecule has 0 spiro atoms. The first-order chi connectivity index (χ1) is 11.0. The molecule has 0 radical (unpaired) electrons. The normalized spacial score (nSPS) is 16.0. The van der Waals surface area contributed by atoms with E-state index in [2.05, 4.69) is 15.7 Å². The number of amidine groups is 1. The van der Waals surface area contributed by atoms with E-state index in [0.29, 0.717) is 24.3 Å². The van der Waals surface area contributed by atoms with Crippen LogP contribution in [-0.4, -0.2) is 41.8 Å². The summed E-state index contributed by atoms with van der Waals surface area (Å²) in [5, 5.41) is 9.10. The topological polar surface area (TPSA) is 126 Å². The molecule has 0 aromatic heterocycles. The Morgan fingerprint density at radius 2 is 1.83 bits per heavy atom. The summed E-state index contributed by atoms with van der Waals surface area (Å²) in [5.74, 6) is 5.43. The number of hydrazone groups is 1. The highest BCUT2D eigenvalue weighted by atomic mass is 16.2. The van der Waals surface area contributed by atoms with Gasteiger partial charge in [0.2, 0.25) is 5.91 Å². The maximum Gasteiger partial charge on any atom is 0.319 e. The van der Waals surface area contributed by atoms with E-state index in [1.54, 1.807) is 36.1 Å². The van der Waals surface area contributed by atoms with E-state index in [1.165, 1.54) is 0 Å². The van der Waals surface area contributed by atoms with Crippen molar-refractivity contribution in [3.63, 3.8) is 0 Å². The van der Waals surface area contributed by atoms with E-state index < -0.39 is 0 Å². The van der Waals surface area contributed by atoms with E-state index >= 15 is 0 Å². The van der Waals surface area contributed by atoms with Crippen LogP contribution in [0.15, 0.2) is 29.4 Å². The summed E-state index contributed by atoms with van der Waals surface area (Å²) < 4.78 is 0. The van der Waals surface area contributed by atoms with Crippen molar-refractivity contribution >= 4 is 23.5 Å². The van der Waals surface area contributed by atoms with Gasteiger partial charge in [-0.05, 0) is 37.1 Å². The molecule has 1 heterocycles. The fourth-order valence-electron chi connectivity index (χ4n) is 2.49. The van der Waals surface area contributed by atoms with Gasteiger partial charge in [-0.2, -0.15) is 5.10 Å². The van der Waals surface area contributed by atoms with Crippen molar-refractivity contribution in [2.75, 3.05) is 18.4 Å². The Labute approximate surface area is 134 Å². The Kier molecular flexibility index (Phi) is 5.40. The molecule has 8 heteroatoms. The largest absolute Gasteiger partial charge is 0.382 e. The Morgan fingerprint density at radius 1 is 1.22 bits per heavy atom. The number of nitrogens with one attached hydrogen (secondary N) is 2. The molecular weight excluding hydrogens is 296 g/mol. The van der Waals surface area contributed by atoms with Gasteiger partial charge < -0.3 is 27.1 Å². The smallest absolute Gasteiger partial charge is 0.319 e. The molecule has 0 unspecified atom stereocenters. The molecule has 2 rings (SSSR count). The lowest BCUT2D eigenvalue weighted by molar-refractivity contribution is -0.129. The Hall–Kier alpha value is -2.77. The highest BCUT2D eigenvalue weighted by Crippen LogP contribution is 2.12. The van der Waals surface area contributed by atoms with Crippen LogP contribution >= 0.6 is 0 Å². The van der Waals surface area contributed by atoms with Crippen LogP contribution in [0.2, 0.25) is 0 Å². The number of hydrogen-bond donors (Lipinski definition) is 4. The van der Waals surface area contributed by atoms with E-state index in [0.717, 1.165) is 12.8 Å². The molecule has 0 atom stereocenters. The Bertz CT molecular complexity index is 590. The number of anilines is 1. The van der Waals surface area contributed by atoms with E-state index in [1.807, 2.05) is 0 Å². The second-order valence-corrected chi connectivity index (χ2v) is 5.47. The van der Waals surface area contributed by atoms with Gasteiger partial charge in [0, 0.05) is 37.3 Å². The average Bonchev–Trinajstić information content (AvgIpc) is 2.55. The molecule has 0 saturated carbocycles. The molecule has 1 aliphatic heterocycles. The number of rotatable bonds is 3.